The van der Waals surface area contributed by atoms with Crippen LogP contribution in [0.1, 0.15) is 0 Å². The Labute approximate surface area is 321 Å². The summed E-state index contributed by atoms with van der Waals surface area (Å²) in [6, 6.07) is 69.0. The van der Waals surface area contributed by atoms with Gasteiger partial charge < -0.3 is 18.3 Å². The molecule has 0 aliphatic heterocycles. The molecule has 3 heterocycles. The first-order valence-electron chi connectivity index (χ1n) is 19.0. The topological polar surface area (TPSA) is 34.5 Å². The molecule has 0 fully saturated rings. The summed E-state index contributed by atoms with van der Waals surface area (Å²) in [6.07, 6.45) is 0. The number of nitrogens with zero attached hydrogens (tertiary/aromatic N) is 2. The Morgan fingerprint density at radius 1 is 0.375 bits per heavy atom. The summed E-state index contributed by atoms with van der Waals surface area (Å²) in [5, 5.41) is 9.22. The van der Waals surface area contributed by atoms with Crippen molar-refractivity contribution in [3.8, 4) is 16.8 Å². The molecule has 56 heavy (non-hydrogen) atoms. The van der Waals surface area contributed by atoms with Gasteiger partial charge in [0.2, 0.25) is 0 Å². The van der Waals surface area contributed by atoms with Crippen LogP contribution in [-0.2, 0) is 0 Å². The zero-order valence-corrected chi connectivity index (χ0v) is 30.2. The van der Waals surface area contributed by atoms with E-state index in [1.807, 2.05) is 6.07 Å². The third kappa shape index (κ3) is 4.53. The molecule has 3 aromatic heterocycles. The second kappa shape index (κ2) is 12.0. The number of anilines is 3. The molecule has 12 rings (SSSR count). The zero-order chi connectivity index (χ0) is 36.7. The molecule has 0 aliphatic carbocycles. The highest BCUT2D eigenvalue weighted by Crippen LogP contribution is 2.48. The molecule has 0 unspecified atom stereocenters. The smallest absolute Gasteiger partial charge is 0.143 e. The van der Waals surface area contributed by atoms with Crippen LogP contribution in [0, 0.1) is 0 Å². The summed E-state index contributed by atoms with van der Waals surface area (Å²) >= 11 is 0. The monoisotopic (exact) mass is 716 g/mol. The van der Waals surface area contributed by atoms with Crippen LogP contribution < -0.4 is 4.90 Å². The number of rotatable bonds is 5. The van der Waals surface area contributed by atoms with Crippen LogP contribution in [-0.4, -0.2) is 4.57 Å². The van der Waals surface area contributed by atoms with Crippen LogP contribution in [0.3, 0.4) is 0 Å². The maximum atomic E-state index is 6.72. The minimum absolute atomic E-state index is 0.864. The molecular formula is C52H32N2O2. The van der Waals surface area contributed by atoms with Crippen LogP contribution >= 0.6 is 0 Å². The maximum absolute atomic E-state index is 6.72. The number of furan rings is 2. The van der Waals surface area contributed by atoms with Gasteiger partial charge in [0.15, 0.2) is 0 Å². The van der Waals surface area contributed by atoms with E-state index in [1.54, 1.807) is 0 Å². The number of aromatic nitrogens is 1. The Hall–Kier alpha value is -7.56. The Morgan fingerprint density at radius 2 is 1.07 bits per heavy atom. The van der Waals surface area contributed by atoms with Gasteiger partial charge in [-0.25, -0.2) is 0 Å². The predicted molar refractivity (Wildman–Crippen MR) is 233 cm³/mol. The van der Waals surface area contributed by atoms with E-state index >= 15 is 0 Å². The third-order valence-corrected chi connectivity index (χ3v) is 11.4. The van der Waals surface area contributed by atoms with E-state index in [1.165, 1.54) is 16.2 Å². The standard InChI is InChI=1S/C52H32N2O2/c1-3-15-34(16-4-1)53(35-17-5-2-6-18-35)46-32-47-43(31-44(46)41-23-13-22-40-39-21-10-12-25-48(39)56-52(40)41)38-20-9-11-24-45(38)54(47)36-27-28-42-50(30-36)55-49-29-26-33-14-7-8-19-37(33)51(42)49/h1-32H. The molecule has 0 spiro atoms. The molecule has 12 aromatic rings. The minimum Gasteiger partial charge on any atom is -0.456 e. The predicted octanol–water partition coefficient (Wildman–Crippen LogP) is 14.9. The first kappa shape index (κ1) is 30.9. The minimum atomic E-state index is 0.864. The van der Waals surface area contributed by atoms with Gasteiger partial charge in [-0.3, -0.25) is 0 Å². The van der Waals surface area contributed by atoms with Crippen LogP contribution in [0.4, 0.5) is 17.1 Å². The molecule has 0 aliphatic rings. The van der Waals surface area contributed by atoms with Gasteiger partial charge in [-0.05, 0) is 77.5 Å². The summed E-state index contributed by atoms with van der Waals surface area (Å²) in [5.41, 5.74) is 12.1. The van der Waals surface area contributed by atoms with Crippen LogP contribution in [0.25, 0.3) is 93.3 Å². The van der Waals surface area contributed by atoms with Gasteiger partial charge in [0.25, 0.3) is 0 Å². The molecule has 0 amide bonds. The quantitative estimate of drug-likeness (QED) is 0.178. The molecule has 0 radical (unpaired) electrons. The first-order chi connectivity index (χ1) is 27.8. The van der Waals surface area contributed by atoms with E-state index in [9.17, 15) is 0 Å². The second-order valence-electron chi connectivity index (χ2n) is 14.5. The second-order valence-corrected chi connectivity index (χ2v) is 14.5. The lowest BCUT2D eigenvalue weighted by Gasteiger charge is -2.28. The molecule has 0 N–H and O–H groups in total. The van der Waals surface area contributed by atoms with Crippen molar-refractivity contribution in [1.29, 1.82) is 0 Å². The molecule has 0 bridgehead atoms. The van der Waals surface area contributed by atoms with Crippen molar-refractivity contribution < 1.29 is 8.83 Å². The highest BCUT2D eigenvalue weighted by Gasteiger charge is 2.24. The normalized spacial score (nSPS) is 11.9. The van der Waals surface area contributed by atoms with E-state index in [0.717, 1.165) is 94.2 Å². The number of para-hydroxylation sites is 5. The van der Waals surface area contributed by atoms with Gasteiger partial charge >= 0.3 is 0 Å². The van der Waals surface area contributed by atoms with E-state index < -0.39 is 0 Å². The van der Waals surface area contributed by atoms with E-state index in [-0.39, 0.29) is 0 Å². The lowest BCUT2D eigenvalue weighted by Crippen LogP contribution is -2.11. The zero-order valence-electron chi connectivity index (χ0n) is 30.2. The highest BCUT2D eigenvalue weighted by atomic mass is 16.3. The first-order valence-corrected chi connectivity index (χ1v) is 19.0. The largest absolute Gasteiger partial charge is 0.456 e. The lowest BCUT2D eigenvalue weighted by atomic mass is 9.97. The summed E-state index contributed by atoms with van der Waals surface area (Å²) in [5.74, 6) is 0. The molecular weight excluding hydrogens is 685 g/mol. The molecule has 0 saturated heterocycles. The molecule has 262 valence electrons. The SMILES string of the molecule is c1ccc(N(c2ccccc2)c2cc3c(cc2-c2cccc4c2oc2ccccc24)c2ccccc2n3-c2ccc3c(c2)oc2ccc4ccccc4c23)cc1. The van der Waals surface area contributed by atoms with Crippen LogP contribution in [0.15, 0.2) is 203 Å². The van der Waals surface area contributed by atoms with Crippen molar-refractivity contribution in [3.63, 3.8) is 0 Å². The van der Waals surface area contributed by atoms with Crippen molar-refractivity contribution in [3.05, 3.63) is 194 Å². The number of hydrogen-bond donors (Lipinski definition) is 0. The van der Waals surface area contributed by atoms with Crippen molar-refractivity contribution >= 4 is 93.5 Å². The van der Waals surface area contributed by atoms with Gasteiger partial charge in [-0.15, -0.1) is 0 Å². The number of hydrogen-bond acceptors (Lipinski definition) is 3. The van der Waals surface area contributed by atoms with Crippen molar-refractivity contribution in [1.82, 2.24) is 4.57 Å². The van der Waals surface area contributed by atoms with Crippen molar-refractivity contribution in [2.75, 3.05) is 4.90 Å². The van der Waals surface area contributed by atoms with Crippen LogP contribution in [0.5, 0.6) is 0 Å². The molecule has 9 aromatic carbocycles. The van der Waals surface area contributed by atoms with Gasteiger partial charge in [0, 0.05) is 66.6 Å². The molecule has 0 atom stereocenters. The lowest BCUT2D eigenvalue weighted by molar-refractivity contribution is 0.669. The Morgan fingerprint density at radius 3 is 1.89 bits per heavy atom. The van der Waals surface area contributed by atoms with Gasteiger partial charge in [-0.1, -0.05) is 121 Å². The van der Waals surface area contributed by atoms with Crippen molar-refractivity contribution in [2.45, 2.75) is 0 Å². The molecule has 4 nitrogen and oxygen atoms in total. The Bertz CT molecular complexity index is 3440. The van der Waals surface area contributed by atoms with Gasteiger partial charge in [-0.2, -0.15) is 0 Å². The van der Waals surface area contributed by atoms with Crippen molar-refractivity contribution in [2.24, 2.45) is 0 Å². The van der Waals surface area contributed by atoms with E-state index in [4.69, 9.17) is 8.83 Å². The maximum Gasteiger partial charge on any atom is 0.143 e. The average molecular weight is 717 g/mol. The Balaban J connectivity index is 1.19. The van der Waals surface area contributed by atoms with Gasteiger partial charge in [0.1, 0.15) is 22.3 Å². The summed E-state index contributed by atoms with van der Waals surface area (Å²) in [7, 11) is 0. The molecule has 4 heteroatoms. The fraction of sp³-hybridized carbons (Fsp3) is 0. The number of benzene rings is 9. The van der Waals surface area contributed by atoms with Gasteiger partial charge in [0.05, 0.1) is 16.7 Å². The summed E-state index contributed by atoms with van der Waals surface area (Å²) < 4.78 is 15.7. The highest BCUT2D eigenvalue weighted by molar-refractivity contribution is 6.20. The fourth-order valence-corrected chi connectivity index (χ4v) is 8.90. The van der Waals surface area contributed by atoms with E-state index in [2.05, 4.69) is 198 Å². The Kier molecular flexibility index (Phi) is 6.60. The summed E-state index contributed by atoms with van der Waals surface area (Å²) in [4.78, 5) is 2.37. The fourth-order valence-electron chi connectivity index (χ4n) is 8.90. The van der Waals surface area contributed by atoms with E-state index in [0.29, 0.717) is 0 Å². The third-order valence-electron chi connectivity index (χ3n) is 11.4. The number of fused-ring (bicyclic) bond motifs is 11. The molecule has 0 saturated carbocycles. The average Bonchev–Trinajstić information content (AvgIpc) is 3.93. The summed E-state index contributed by atoms with van der Waals surface area (Å²) in [6.45, 7) is 0. The van der Waals surface area contributed by atoms with Crippen LogP contribution in [0.2, 0.25) is 0 Å².